The number of amides is 1. The standard InChI is InChI=1S/C15H22N2O3S/c1-9(2)6-12-16-10(3)14(21-12)15(20)17(8-13(18)19)7-11-4-5-11/h9,11H,4-8H2,1-3H3,(H,18,19). The van der Waals surface area contributed by atoms with Gasteiger partial charge in [0.25, 0.3) is 5.91 Å². The number of carbonyl (C=O) groups is 2. The Labute approximate surface area is 129 Å². The number of nitrogens with zero attached hydrogens (tertiary/aromatic N) is 2. The van der Waals surface area contributed by atoms with Gasteiger partial charge >= 0.3 is 5.97 Å². The highest BCUT2D eigenvalue weighted by Crippen LogP contribution is 2.31. The normalized spacial score (nSPS) is 14.5. The van der Waals surface area contributed by atoms with Crippen molar-refractivity contribution >= 4 is 23.2 Å². The maximum Gasteiger partial charge on any atom is 0.323 e. The highest BCUT2D eigenvalue weighted by atomic mass is 32.1. The SMILES string of the molecule is Cc1nc(CC(C)C)sc1C(=O)N(CC(=O)O)CC1CC1. The fourth-order valence-corrected chi connectivity index (χ4v) is 3.47. The fourth-order valence-electron chi connectivity index (χ4n) is 2.23. The van der Waals surface area contributed by atoms with Gasteiger partial charge in [0.05, 0.1) is 10.7 Å². The molecule has 0 saturated heterocycles. The molecule has 1 fully saturated rings. The first-order valence-corrected chi connectivity index (χ1v) is 8.15. The van der Waals surface area contributed by atoms with E-state index in [2.05, 4.69) is 18.8 Å². The van der Waals surface area contributed by atoms with Crippen LogP contribution >= 0.6 is 11.3 Å². The van der Waals surface area contributed by atoms with Crippen LogP contribution in [-0.2, 0) is 11.2 Å². The number of aromatic nitrogens is 1. The lowest BCUT2D eigenvalue weighted by Gasteiger charge is -2.19. The average molecular weight is 310 g/mol. The Balaban J connectivity index is 2.14. The second-order valence-corrected chi connectivity index (χ2v) is 7.23. The number of hydrogen-bond donors (Lipinski definition) is 1. The van der Waals surface area contributed by atoms with Crippen molar-refractivity contribution in [2.75, 3.05) is 13.1 Å². The summed E-state index contributed by atoms with van der Waals surface area (Å²) in [5.74, 6) is -0.195. The van der Waals surface area contributed by atoms with Crippen LogP contribution in [0, 0.1) is 18.8 Å². The minimum atomic E-state index is -0.964. The third-order valence-electron chi connectivity index (χ3n) is 3.41. The average Bonchev–Trinajstić information content (AvgIpc) is 3.10. The molecule has 21 heavy (non-hydrogen) atoms. The minimum absolute atomic E-state index is 0.186. The Morgan fingerprint density at radius 1 is 1.43 bits per heavy atom. The smallest absolute Gasteiger partial charge is 0.323 e. The molecule has 1 N–H and O–H groups in total. The monoisotopic (exact) mass is 310 g/mol. The fraction of sp³-hybridized carbons (Fsp3) is 0.667. The van der Waals surface area contributed by atoms with E-state index in [-0.39, 0.29) is 12.5 Å². The van der Waals surface area contributed by atoms with Crippen molar-refractivity contribution in [2.45, 2.75) is 40.0 Å². The van der Waals surface area contributed by atoms with E-state index in [0.717, 1.165) is 24.3 Å². The molecule has 2 rings (SSSR count). The molecule has 1 aliphatic rings. The van der Waals surface area contributed by atoms with Gasteiger partial charge in [-0.15, -0.1) is 11.3 Å². The maximum atomic E-state index is 12.6. The first-order valence-electron chi connectivity index (χ1n) is 7.34. The van der Waals surface area contributed by atoms with Crippen LogP contribution in [0.25, 0.3) is 0 Å². The zero-order chi connectivity index (χ0) is 15.6. The van der Waals surface area contributed by atoms with Crippen molar-refractivity contribution in [1.29, 1.82) is 0 Å². The maximum absolute atomic E-state index is 12.6. The lowest BCUT2D eigenvalue weighted by molar-refractivity contribution is -0.137. The van der Waals surface area contributed by atoms with Gasteiger partial charge in [0.1, 0.15) is 11.4 Å². The molecule has 1 amide bonds. The van der Waals surface area contributed by atoms with Crippen molar-refractivity contribution < 1.29 is 14.7 Å². The van der Waals surface area contributed by atoms with E-state index in [4.69, 9.17) is 5.11 Å². The highest BCUT2D eigenvalue weighted by Gasteiger charge is 2.30. The summed E-state index contributed by atoms with van der Waals surface area (Å²) in [5.41, 5.74) is 0.715. The van der Waals surface area contributed by atoms with Crippen molar-refractivity contribution in [3.8, 4) is 0 Å². The molecule has 0 bridgehead atoms. The molecule has 0 atom stereocenters. The van der Waals surface area contributed by atoms with E-state index in [0.29, 0.717) is 29.0 Å². The van der Waals surface area contributed by atoms with Crippen molar-refractivity contribution in [1.82, 2.24) is 9.88 Å². The van der Waals surface area contributed by atoms with Gasteiger partial charge in [-0.1, -0.05) is 13.8 Å². The highest BCUT2D eigenvalue weighted by molar-refractivity contribution is 7.13. The Morgan fingerprint density at radius 2 is 2.10 bits per heavy atom. The van der Waals surface area contributed by atoms with E-state index >= 15 is 0 Å². The second-order valence-electron chi connectivity index (χ2n) is 6.14. The first kappa shape index (κ1) is 15.9. The topological polar surface area (TPSA) is 70.5 Å². The number of aliphatic carboxylic acids is 1. The summed E-state index contributed by atoms with van der Waals surface area (Å²) in [6, 6.07) is 0. The van der Waals surface area contributed by atoms with E-state index in [1.807, 2.05) is 6.92 Å². The number of carboxylic acids is 1. The predicted molar refractivity (Wildman–Crippen MR) is 81.7 cm³/mol. The van der Waals surface area contributed by atoms with Gasteiger partial charge in [0.2, 0.25) is 0 Å². The summed E-state index contributed by atoms with van der Waals surface area (Å²) < 4.78 is 0. The third-order valence-corrected chi connectivity index (χ3v) is 4.57. The van der Waals surface area contributed by atoms with E-state index in [1.165, 1.54) is 16.2 Å². The van der Waals surface area contributed by atoms with Crippen LogP contribution in [0.2, 0.25) is 0 Å². The van der Waals surface area contributed by atoms with E-state index in [1.54, 1.807) is 0 Å². The molecule has 5 nitrogen and oxygen atoms in total. The number of carboxylic acid groups (broad SMARTS) is 1. The van der Waals surface area contributed by atoms with E-state index in [9.17, 15) is 9.59 Å². The molecule has 1 saturated carbocycles. The molecule has 0 aliphatic heterocycles. The Bertz CT molecular complexity index is 535. The molecule has 0 spiro atoms. The number of hydrogen-bond acceptors (Lipinski definition) is 4. The number of thiazole rings is 1. The third kappa shape index (κ3) is 4.52. The summed E-state index contributed by atoms with van der Waals surface area (Å²) in [6.45, 7) is 6.36. The van der Waals surface area contributed by atoms with Crippen LogP contribution in [0.15, 0.2) is 0 Å². The van der Waals surface area contributed by atoms with Gasteiger partial charge in [-0.25, -0.2) is 4.98 Å². The van der Waals surface area contributed by atoms with E-state index < -0.39 is 5.97 Å². The lowest BCUT2D eigenvalue weighted by atomic mass is 10.1. The Kier molecular flexibility index (Phi) is 4.98. The van der Waals surface area contributed by atoms with Crippen LogP contribution in [0.1, 0.15) is 47.1 Å². The van der Waals surface area contributed by atoms with Gasteiger partial charge < -0.3 is 10.0 Å². The molecule has 0 unspecified atom stereocenters. The zero-order valence-corrected chi connectivity index (χ0v) is 13.6. The van der Waals surface area contributed by atoms with Crippen molar-refractivity contribution in [3.05, 3.63) is 15.6 Å². The van der Waals surface area contributed by atoms with Crippen LogP contribution < -0.4 is 0 Å². The first-order chi connectivity index (χ1) is 9.86. The van der Waals surface area contributed by atoms with Crippen molar-refractivity contribution in [3.63, 3.8) is 0 Å². The van der Waals surface area contributed by atoms with Gasteiger partial charge in [0.15, 0.2) is 0 Å². The molecule has 116 valence electrons. The van der Waals surface area contributed by atoms with Crippen LogP contribution in [0.4, 0.5) is 0 Å². The Morgan fingerprint density at radius 3 is 2.62 bits per heavy atom. The molecule has 1 aromatic heterocycles. The van der Waals surface area contributed by atoms with Gasteiger partial charge in [-0.2, -0.15) is 0 Å². The number of carbonyl (C=O) groups excluding carboxylic acids is 1. The number of aryl methyl sites for hydroxylation is 1. The number of rotatable bonds is 7. The second kappa shape index (κ2) is 6.56. The molecule has 1 heterocycles. The van der Waals surface area contributed by atoms with Crippen LogP contribution in [0.5, 0.6) is 0 Å². The van der Waals surface area contributed by atoms with Gasteiger partial charge in [-0.05, 0) is 31.6 Å². The van der Waals surface area contributed by atoms with Crippen molar-refractivity contribution in [2.24, 2.45) is 11.8 Å². The predicted octanol–water partition coefficient (Wildman–Crippen LogP) is 2.59. The van der Waals surface area contributed by atoms with Gasteiger partial charge in [0, 0.05) is 13.0 Å². The molecule has 1 aliphatic carbocycles. The molecule has 6 heteroatoms. The summed E-state index contributed by atoms with van der Waals surface area (Å²) >= 11 is 1.40. The summed E-state index contributed by atoms with van der Waals surface area (Å²) in [5, 5.41) is 9.95. The Hall–Kier alpha value is -1.43. The largest absolute Gasteiger partial charge is 0.480 e. The summed E-state index contributed by atoms with van der Waals surface area (Å²) in [7, 11) is 0. The summed E-state index contributed by atoms with van der Waals surface area (Å²) in [6.07, 6.45) is 3.02. The molecular formula is C15H22N2O3S. The van der Waals surface area contributed by atoms with Gasteiger partial charge in [-0.3, -0.25) is 9.59 Å². The zero-order valence-electron chi connectivity index (χ0n) is 12.8. The lowest BCUT2D eigenvalue weighted by Crippen LogP contribution is -2.37. The summed E-state index contributed by atoms with van der Waals surface area (Å²) in [4.78, 5) is 30.1. The molecular weight excluding hydrogens is 288 g/mol. The van der Waals surface area contributed by atoms with Crippen LogP contribution in [-0.4, -0.2) is 40.0 Å². The minimum Gasteiger partial charge on any atom is -0.480 e. The molecule has 1 aromatic rings. The van der Waals surface area contributed by atoms with Crippen LogP contribution in [0.3, 0.4) is 0 Å². The molecule has 0 aromatic carbocycles. The quantitative estimate of drug-likeness (QED) is 0.840. The molecule has 0 radical (unpaired) electrons.